The number of H-pyrrole nitrogens is 1. The number of carbonyl (C=O) groups is 2. The van der Waals surface area contributed by atoms with Crippen LogP contribution in [0.1, 0.15) is 55.7 Å². The topological polar surface area (TPSA) is 124 Å². The number of halogens is 4. The number of piperidine rings is 2. The Balaban J connectivity index is 1.06. The number of rotatable bonds is 7. The van der Waals surface area contributed by atoms with Crippen molar-refractivity contribution in [3.8, 4) is 0 Å². The first-order valence-electron chi connectivity index (χ1n) is 18.5. The van der Waals surface area contributed by atoms with Crippen molar-refractivity contribution in [1.82, 2.24) is 34.1 Å². The Labute approximate surface area is 314 Å². The van der Waals surface area contributed by atoms with Gasteiger partial charge in [0.1, 0.15) is 0 Å². The molecular formula is C38H46BrF3N8O3. The molecule has 4 aromatic rings. The summed E-state index contributed by atoms with van der Waals surface area (Å²) in [7, 11) is 2.13. The molecule has 3 fully saturated rings. The van der Waals surface area contributed by atoms with Crippen molar-refractivity contribution in [3.05, 3.63) is 68.7 Å². The Morgan fingerprint density at radius 2 is 1.66 bits per heavy atom. The van der Waals surface area contributed by atoms with Crippen molar-refractivity contribution >= 4 is 55.4 Å². The van der Waals surface area contributed by atoms with Gasteiger partial charge in [0.15, 0.2) is 0 Å². The number of nitrogens with one attached hydrogen (secondary N) is 1. The van der Waals surface area contributed by atoms with Gasteiger partial charge in [-0.1, -0.05) is 18.2 Å². The summed E-state index contributed by atoms with van der Waals surface area (Å²) in [6.45, 7) is 5.91. The van der Waals surface area contributed by atoms with Gasteiger partial charge in [0.05, 0.1) is 39.9 Å². The number of hydrogen-bond acceptors (Lipinski definition) is 7. The van der Waals surface area contributed by atoms with Gasteiger partial charge in [-0.3, -0.25) is 24.0 Å². The fourth-order valence-corrected chi connectivity index (χ4v) is 9.00. The van der Waals surface area contributed by atoms with Crippen LogP contribution in [0.3, 0.4) is 0 Å². The third kappa shape index (κ3) is 7.97. The van der Waals surface area contributed by atoms with Crippen LogP contribution in [0, 0.1) is 5.92 Å². The molecule has 11 nitrogen and oxygen atoms in total. The van der Waals surface area contributed by atoms with Gasteiger partial charge in [-0.15, -0.1) is 0 Å². The van der Waals surface area contributed by atoms with Gasteiger partial charge in [-0.05, 0) is 98.4 Å². The zero-order valence-corrected chi connectivity index (χ0v) is 31.5. The quantitative estimate of drug-likeness (QED) is 0.244. The second-order valence-electron chi connectivity index (χ2n) is 14.8. The Morgan fingerprint density at radius 3 is 2.40 bits per heavy atom. The summed E-state index contributed by atoms with van der Waals surface area (Å²) in [5.74, 6) is -1.29. The number of likely N-dealkylation sites (N-methyl/N-ethyl adjacent to an activating group) is 1. The highest BCUT2D eigenvalue weighted by molar-refractivity contribution is 9.10. The molecule has 3 saturated heterocycles. The van der Waals surface area contributed by atoms with Crippen LogP contribution in [0.15, 0.2) is 51.9 Å². The molecule has 3 N–H and O–H groups in total. The Bertz CT molecular complexity index is 2030. The Hall–Kier alpha value is -3.95. The number of nitrogens with zero attached hydrogens (tertiary/aromatic N) is 6. The zero-order valence-electron chi connectivity index (χ0n) is 29.9. The maximum Gasteiger partial charge on any atom is 0.418 e. The summed E-state index contributed by atoms with van der Waals surface area (Å²) in [5.41, 5.74) is 6.69. The molecule has 2 amide bonds. The van der Waals surface area contributed by atoms with Gasteiger partial charge in [-0.25, -0.2) is 4.79 Å². The lowest BCUT2D eigenvalue weighted by Crippen LogP contribution is -2.50. The minimum atomic E-state index is -4.68. The lowest BCUT2D eigenvalue weighted by molar-refractivity contribution is -0.143. The number of aromatic amines is 1. The summed E-state index contributed by atoms with van der Waals surface area (Å²) in [5, 5.41) is 0.860. The number of alkyl halides is 3. The number of hydrogen-bond donors (Lipinski definition) is 2. The number of likely N-dealkylation sites (tertiary alicyclic amines) is 2. The molecule has 7 rings (SSSR count). The van der Waals surface area contributed by atoms with Crippen LogP contribution < -0.4 is 11.4 Å². The number of nitrogen functional groups attached to an aromatic ring is 1. The van der Waals surface area contributed by atoms with Gasteiger partial charge in [0.2, 0.25) is 11.8 Å². The third-order valence-corrected chi connectivity index (χ3v) is 12.1. The SMILES string of the molecule is CN1CCCN(C2CCN(C(=O)[C@H](CC(=O)N3CCC(n4c(=O)[nH]c5c6ccccc6ncc54)CC3)Cc3cc(Br)c(N)c(C(F)(F)F)c3)CC2)CC1. The molecule has 15 heteroatoms. The molecule has 0 spiro atoms. The van der Waals surface area contributed by atoms with Crippen LogP contribution >= 0.6 is 15.9 Å². The molecule has 0 radical (unpaired) electrons. The number of pyridine rings is 1. The average molecular weight is 800 g/mol. The highest BCUT2D eigenvalue weighted by Crippen LogP contribution is 2.39. The number of benzene rings is 2. The number of imidazole rings is 1. The summed E-state index contributed by atoms with van der Waals surface area (Å²) in [6, 6.07) is 10.3. The first-order valence-corrected chi connectivity index (χ1v) is 19.3. The van der Waals surface area contributed by atoms with Gasteiger partial charge in [0.25, 0.3) is 0 Å². The Morgan fingerprint density at radius 1 is 0.962 bits per heavy atom. The molecule has 5 heterocycles. The number of nitrogens with two attached hydrogens (primary N) is 1. The Kier molecular flexibility index (Phi) is 10.9. The van der Waals surface area contributed by atoms with E-state index in [0.717, 1.165) is 67.9 Å². The fourth-order valence-electron chi connectivity index (χ4n) is 8.50. The van der Waals surface area contributed by atoms with Gasteiger partial charge in [0, 0.05) is 67.6 Å². The third-order valence-electron chi connectivity index (χ3n) is 11.4. The van der Waals surface area contributed by atoms with Crippen LogP contribution in [-0.2, 0) is 22.2 Å². The number of fused-ring (bicyclic) bond motifs is 3. The number of anilines is 1. The van der Waals surface area contributed by atoms with Crippen LogP contribution in [-0.4, -0.2) is 111 Å². The summed E-state index contributed by atoms with van der Waals surface area (Å²) >= 11 is 3.18. The summed E-state index contributed by atoms with van der Waals surface area (Å²) in [6.07, 6.45) is 0.651. The first kappa shape index (κ1) is 37.4. The van der Waals surface area contributed by atoms with E-state index >= 15 is 0 Å². The minimum absolute atomic E-state index is 0.0346. The van der Waals surface area contributed by atoms with Crippen LogP contribution in [0.4, 0.5) is 18.9 Å². The van der Waals surface area contributed by atoms with E-state index in [-0.39, 0.29) is 46.4 Å². The molecule has 2 aromatic carbocycles. The van der Waals surface area contributed by atoms with E-state index in [1.807, 2.05) is 24.3 Å². The van der Waals surface area contributed by atoms with Crippen molar-refractivity contribution in [3.63, 3.8) is 0 Å². The monoisotopic (exact) mass is 798 g/mol. The lowest BCUT2D eigenvalue weighted by atomic mass is 9.91. The molecule has 3 aliphatic rings. The molecule has 1 atom stereocenters. The summed E-state index contributed by atoms with van der Waals surface area (Å²) in [4.78, 5) is 57.2. The lowest BCUT2D eigenvalue weighted by Gasteiger charge is -2.39. The summed E-state index contributed by atoms with van der Waals surface area (Å²) < 4.78 is 43.6. The molecule has 3 aliphatic heterocycles. The van der Waals surface area contributed by atoms with Crippen LogP contribution in [0.2, 0.25) is 0 Å². The smallest absolute Gasteiger partial charge is 0.397 e. The maximum atomic E-state index is 14.2. The van der Waals surface area contributed by atoms with Crippen molar-refractivity contribution in [2.45, 2.75) is 63.2 Å². The largest absolute Gasteiger partial charge is 0.418 e. The van der Waals surface area contributed by atoms with E-state index in [2.05, 4.69) is 42.7 Å². The molecule has 0 saturated carbocycles. The molecular weight excluding hydrogens is 753 g/mol. The van der Waals surface area contributed by atoms with E-state index in [0.29, 0.717) is 50.6 Å². The predicted molar refractivity (Wildman–Crippen MR) is 201 cm³/mol. The first-order chi connectivity index (χ1) is 25.4. The standard InChI is InChI=1S/C38H46BrF3N8O3/c1-46-11-4-12-47(18-17-46)26-7-15-49(16-8-26)36(52)25(19-24-20-29(38(40,41)42)34(43)30(39)21-24)22-33(51)48-13-9-27(10-14-48)50-32-23-44-31-6-3-2-5-28(31)35(32)45-37(50)53/h2-3,5-6,20-21,23,25-27H,4,7-19,22,43H2,1H3,(H,45,53)/t25-/m0/s1. The molecule has 0 aliphatic carbocycles. The molecule has 2 aromatic heterocycles. The van der Waals surface area contributed by atoms with E-state index in [4.69, 9.17) is 5.73 Å². The van der Waals surface area contributed by atoms with Gasteiger partial charge >= 0.3 is 11.9 Å². The highest BCUT2D eigenvalue weighted by atomic mass is 79.9. The van der Waals surface area contributed by atoms with Crippen molar-refractivity contribution in [1.29, 1.82) is 0 Å². The number of carbonyl (C=O) groups excluding carboxylic acids is 2. The number of amides is 2. The van der Waals surface area contributed by atoms with Crippen LogP contribution in [0.25, 0.3) is 21.9 Å². The van der Waals surface area contributed by atoms with Crippen molar-refractivity contribution in [2.24, 2.45) is 5.92 Å². The molecule has 0 bridgehead atoms. The van der Waals surface area contributed by atoms with Crippen molar-refractivity contribution < 1.29 is 22.8 Å². The van der Waals surface area contributed by atoms with Gasteiger partial charge in [-0.2, -0.15) is 13.2 Å². The normalized spacial score (nSPS) is 19.6. The number of aromatic nitrogens is 3. The van der Waals surface area contributed by atoms with E-state index < -0.39 is 23.3 Å². The second kappa shape index (κ2) is 15.4. The molecule has 53 heavy (non-hydrogen) atoms. The van der Waals surface area contributed by atoms with Crippen molar-refractivity contribution in [2.75, 3.05) is 65.1 Å². The van der Waals surface area contributed by atoms with E-state index in [1.165, 1.54) is 6.07 Å². The van der Waals surface area contributed by atoms with Crippen LogP contribution in [0.5, 0.6) is 0 Å². The molecule has 0 unspecified atom stereocenters. The zero-order chi connectivity index (χ0) is 37.4. The second-order valence-corrected chi connectivity index (χ2v) is 15.7. The van der Waals surface area contributed by atoms with E-state index in [9.17, 15) is 27.6 Å². The molecule has 284 valence electrons. The van der Waals surface area contributed by atoms with Gasteiger partial charge < -0.3 is 25.4 Å². The maximum absolute atomic E-state index is 14.2. The number of para-hydroxylation sites is 1. The van der Waals surface area contributed by atoms with E-state index in [1.54, 1.807) is 20.6 Å². The highest BCUT2D eigenvalue weighted by Gasteiger charge is 2.37. The predicted octanol–water partition coefficient (Wildman–Crippen LogP) is 5.28. The minimum Gasteiger partial charge on any atom is -0.397 e. The fraction of sp³-hybridized carbons (Fsp3) is 0.526. The average Bonchev–Trinajstić information content (AvgIpc) is 3.33.